The number of thiophene rings is 1. The Bertz CT molecular complexity index is 355. The minimum Gasteiger partial charge on any atom is -0.478 e. The summed E-state index contributed by atoms with van der Waals surface area (Å²) in [6.45, 7) is 2.02. The molecular weight excluding hydrogens is 220 g/mol. The van der Waals surface area contributed by atoms with Gasteiger partial charge in [0.2, 0.25) is 0 Å². The summed E-state index contributed by atoms with van der Waals surface area (Å²) >= 11 is 7.20. The summed E-state index contributed by atoms with van der Waals surface area (Å²) in [4.78, 5) is 11.5. The van der Waals surface area contributed by atoms with Gasteiger partial charge in [0.05, 0.1) is 4.34 Å². The molecule has 0 atom stereocenters. The summed E-state index contributed by atoms with van der Waals surface area (Å²) in [6, 6.07) is 3.64. The van der Waals surface area contributed by atoms with Gasteiger partial charge in [0, 0.05) is 11.0 Å². The number of carboxylic acids is 1. The van der Waals surface area contributed by atoms with Crippen LogP contribution in [0.4, 0.5) is 0 Å². The first-order valence-electron chi connectivity index (χ1n) is 4.32. The van der Waals surface area contributed by atoms with Crippen molar-refractivity contribution >= 4 is 34.5 Å². The molecular formula is C10H11ClO2S. The number of aliphatic carboxylic acids is 1. The highest BCUT2D eigenvalue weighted by molar-refractivity contribution is 7.17. The van der Waals surface area contributed by atoms with Crippen LogP contribution in [0.25, 0.3) is 5.57 Å². The first-order chi connectivity index (χ1) is 6.63. The Morgan fingerprint density at radius 3 is 2.79 bits per heavy atom. The summed E-state index contributed by atoms with van der Waals surface area (Å²) in [5.74, 6) is -0.905. The van der Waals surface area contributed by atoms with Crippen molar-refractivity contribution in [3.05, 3.63) is 27.4 Å². The predicted octanol–water partition coefficient (Wildman–Crippen LogP) is 3.67. The number of carbonyl (C=O) groups is 1. The van der Waals surface area contributed by atoms with E-state index in [4.69, 9.17) is 16.7 Å². The zero-order valence-corrected chi connectivity index (χ0v) is 9.36. The van der Waals surface area contributed by atoms with E-state index >= 15 is 0 Å². The van der Waals surface area contributed by atoms with E-state index in [1.54, 1.807) is 6.07 Å². The lowest BCUT2D eigenvalue weighted by Crippen LogP contribution is -1.90. The van der Waals surface area contributed by atoms with E-state index in [1.165, 1.54) is 17.4 Å². The van der Waals surface area contributed by atoms with Crippen LogP contribution in [0.1, 0.15) is 24.6 Å². The molecule has 0 aliphatic heterocycles. The van der Waals surface area contributed by atoms with Crippen LogP contribution in [0.3, 0.4) is 0 Å². The zero-order chi connectivity index (χ0) is 10.6. The summed E-state index contributed by atoms with van der Waals surface area (Å²) in [5.41, 5.74) is 0.844. The number of halogens is 1. The lowest BCUT2D eigenvalue weighted by atomic mass is 10.1. The largest absolute Gasteiger partial charge is 0.478 e. The van der Waals surface area contributed by atoms with Crippen molar-refractivity contribution < 1.29 is 9.90 Å². The lowest BCUT2D eigenvalue weighted by molar-refractivity contribution is -0.131. The smallest absolute Gasteiger partial charge is 0.328 e. The minimum absolute atomic E-state index is 0.687. The van der Waals surface area contributed by atoms with Crippen LogP contribution in [0.5, 0.6) is 0 Å². The molecule has 0 spiro atoms. The molecule has 0 unspecified atom stereocenters. The second-order valence-electron chi connectivity index (χ2n) is 2.86. The molecule has 76 valence electrons. The average molecular weight is 231 g/mol. The van der Waals surface area contributed by atoms with E-state index in [0.717, 1.165) is 23.3 Å². The summed E-state index contributed by atoms with van der Waals surface area (Å²) in [6.07, 6.45) is 2.95. The van der Waals surface area contributed by atoms with Crippen LogP contribution in [-0.4, -0.2) is 11.1 Å². The van der Waals surface area contributed by atoms with Gasteiger partial charge in [-0.2, -0.15) is 0 Å². The van der Waals surface area contributed by atoms with E-state index < -0.39 is 5.97 Å². The van der Waals surface area contributed by atoms with Gasteiger partial charge < -0.3 is 5.11 Å². The fourth-order valence-corrected chi connectivity index (χ4v) is 2.26. The Balaban J connectivity index is 2.93. The van der Waals surface area contributed by atoms with Gasteiger partial charge in [0.15, 0.2) is 0 Å². The van der Waals surface area contributed by atoms with Crippen molar-refractivity contribution in [3.63, 3.8) is 0 Å². The third-order valence-electron chi connectivity index (χ3n) is 1.71. The molecule has 0 saturated heterocycles. The monoisotopic (exact) mass is 230 g/mol. The van der Waals surface area contributed by atoms with E-state index in [9.17, 15) is 4.79 Å². The van der Waals surface area contributed by atoms with Crippen molar-refractivity contribution in [2.75, 3.05) is 0 Å². The number of carboxylic acid groups (broad SMARTS) is 1. The number of hydrogen-bond donors (Lipinski definition) is 1. The fraction of sp³-hybridized carbons (Fsp3) is 0.300. The van der Waals surface area contributed by atoms with Crippen LogP contribution in [0, 0.1) is 0 Å². The van der Waals surface area contributed by atoms with Gasteiger partial charge >= 0.3 is 5.97 Å². The molecule has 0 fully saturated rings. The summed E-state index contributed by atoms with van der Waals surface area (Å²) in [5, 5.41) is 8.67. The van der Waals surface area contributed by atoms with Gasteiger partial charge in [0.25, 0.3) is 0 Å². The highest BCUT2D eigenvalue weighted by Crippen LogP contribution is 2.30. The highest BCUT2D eigenvalue weighted by Gasteiger charge is 2.05. The second kappa shape index (κ2) is 5.17. The molecule has 14 heavy (non-hydrogen) atoms. The van der Waals surface area contributed by atoms with E-state index in [1.807, 2.05) is 13.0 Å². The van der Waals surface area contributed by atoms with Crippen LogP contribution < -0.4 is 0 Å². The zero-order valence-electron chi connectivity index (χ0n) is 7.79. The van der Waals surface area contributed by atoms with E-state index in [2.05, 4.69) is 0 Å². The van der Waals surface area contributed by atoms with Crippen LogP contribution in [0.2, 0.25) is 4.34 Å². The molecule has 2 nitrogen and oxygen atoms in total. The van der Waals surface area contributed by atoms with Crippen molar-refractivity contribution in [2.24, 2.45) is 0 Å². The maximum absolute atomic E-state index is 10.6. The molecule has 1 heterocycles. The summed E-state index contributed by atoms with van der Waals surface area (Å²) in [7, 11) is 0. The standard InChI is InChI=1S/C10H11ClO2S/c1-2-3-7(6-10(12)13)8-4-5-9(11)14-8/h4-6H,2-3H2,1H3,(H,12,13)/b7-6+. The van der Waals surface area contributed by atoms with Crippen LogP contribution >= 0.6 is 22.9 Å². The molecule has 1 N–H and O–H groups in total. The van der Waals surface area contributed by atoms with Crippen molar-refractivity contribution in [1.82, 2.24) is 0 Å². The molecule has 0 bridgehead atoms. The summed E-state index contributed by atoms with van der Waals surface area (Å²) < 4.78 is 0.687. The molecule has 1 aromatic rings. The Labute approximate surface area is 91.8 Å². The Morgan fingerprint density at radius 1 is 1.64 bits per heavy atom. The van der Waals surface area contributed by atoms with Crippen molar-refractivity contribution in [2.45, 2.75) is 19.8 Å². The van der Waals surface area contributed by atoms with Crippen LogP contribution in [-0.2, 0) is 4.79 Å². The van der Waals surface area contributed by atoms with Crippen molar-refractivity contribution in [3.8, 4) is 0 Å². The van der Waals surface area contributed by atoms with E-state index in [-0.39, 0.29) is 0 Å². The molecule has 0 aliphatic carbocycles. The molecule has 0 aromatic carbocycles. The van der Waals surface area contributed by atoms with Gasteiger partial charge in [0.1, 0.15) is 0 Å². The Kier molecular flexibility index (Phi) is 4.17. The third-order valence-corrected chi connectivity index (χ3v) is 3.01. The fourth-order valence-electron chi connectivity index (χ4n) is 1.17. The normalized spacial score (nSPS) is 11.7. The van der Waals surface area contributed by atoms with Crippen molar-refractivity contribution in [1.29, 1.82) is 0 Å². The average Bonchev–Trinajstić information content (AvgIpc) is 2.50. The Morgan fingerprint density at radius 2 is 2.36 bits per heavy atom. The maximum atomic E-state index is 10.6. The topological polar surface area (TPSA) is 37.3 Å². The molecule has 1 rings (SSSR count). The molecule has 0 amide bonds. The number of rotatable bonds is 4. The molecule has 1 aromatic heterocycles. The van der Waals surface area contributed by atoms with Gasteiger partial charge in [-0.25, -0.2) is 4.79 Å². The Hall–Kier alpha value is -0.800. The number of hydrogen-bond acceptors (Lipinski definition) is 2. The predicted molar refractivity (Wildman–Crippen MR) is 59.8 cm³/mol. The third kappa shape index (κ3) is 3.16. The maximum Gasteiger partial charge on any atom is 0.328 e. The quantitative estimate of drug-likeness (QED) is 0.802. The first-order valence-corrected chi connectivity index (χ1v) is 5.52. The van der Waals surface area contributed by atoms with Gasteiger partial charge in [-0.1, -0.05) is 24.9 Å². The van der Waals surface area contributed by atoms with Gasteiger partial charge in [-0.05, 0) is 24.1 Å². The number of allylic oxidation sites excluding steroid dienone is 1. The highest BCUT2D eigenvalue weighted by atomic mass is 35.5. The van der Waals surface area contributed by atoms with Gasteiger partial charge in [-0.15, -0.1) is 11.3 Å². The van der Waals surface area contributed by atoms with Gasteiger partial charge in [-0.3, -0.25) is 0 Å². The molecule has 0 saturated carbocycles. The molecule has 0 aliphatic rings. The first kappa shape index (κ1) is 11.3. The van der Waals surface area contributed by atoms with E-state index in [0.29, 0.717) is 4.34 Å². The minimum atomic E-state index is -0.905. The molecule has 4 heteroatoms. The lowest BCUT2D eigenvalue weighted by Gasteiger charge is -2.00. The van der Waals surface area contributed by atoms with Crippen LogP contribution in [0.15, 0.2) is 18.2 Å². The molecule has 0 radical (unpaired) electrons. The SMILES string of the molecule is CCC/C(=C\C(=O)O)c1ccc(Cl)s1. The second-order valence-corrected chi connectivity index (χ2v) is 4.58.